The van der Waals surface area contributed by atoms with Crippen molar-refractivity contribution in [3.05, 3.63) is 82.9 Å². The standard InChI is InChI=1S/C21H15ClFN3OS/c1-28-26-18-4-2-3-15(19(18)23)20(27)17-11-25-21-16(17)9-13(10-24-21)12-5-7-14(22)8-6-12/h2-11,26H,1H3,(H,24,25). The van der Waals surface area contributed by atoms with Gasteiger partial charge in [0.1, 0.15) is 5.65 Å². The number of rotatable bonds is 5. The molecule has 0 unspecified atom stereocenters. The van der Waals surface area contributed by atoms with Gasteiger partial charge in [-0.15, -0.1) is 0 Å². The predicted octanol–water partition coefficient (Wildman–Crippen LogP) is 5.94. The number of pyridine rings is 1. The van der Waals surface area contributed by atoms with Crippen LogP contribution in [0.4, 0.5) is 10.1 Å². The molecule has 0 radical (unpaired) electrons. The van der Waals surface area contributed by atoms with Crippen molar-refractivity contribution >= 4 is 46.1 Å². The molecule has 0 aliphatic carbocycles. The minimum absolute atomic E-state index is 0.0110. The molecule has 2 heterocycles. The molecule has 4 rings (SSSR count). The monoisotopic (exact) mass is 411 g/mol. The van der Waals surface area contributed by atoms with E-state index >= 15 is 0 Å². The van der Waals surface area contributed by atoms with Gasteiger partial charge in [0, 0.05) is 40.2 Å². The first-order valence-electron chi connectivity index (χ1n) is 8.44. The van der Waals surface area contributed by atoms with Crippen molar-refractivity contribution in [2.75, 3.05) is 11.0 Å². The second-order valence-electron chi connectivity index (χ2n) is 6.13. The second kappa shape index (κ2) is 7.66. The number of aromatic amines is 1. The summed E-state index contributed by atoms with van der Waals surface area (Å²) in [6.45, 7) is 0. The van der Waals surface area contributed by atoms with Crippen molar-refractivity contribution < 1.29 is 9.18 Å². The van der Waals surface area contributed by atoms with Gasteiger partial charge in [0.15, 0.2) is 11.6 Å². The van der Waals surface area contributed by atoms with Crippen LogP contribution in [0.1, 0.15) is 15.9 Å². The summed E-state index contributed by atoms with van der Waals surface area (Å²) in [6.07, 6.45) is 5.08. The predicted molar refractivity (Wildman–Crippen MR) is 114 cm³/mol. The third-order valence-corrected chi connectivity index (χ3v) is 5.08. The molecular formula is C21H15ClFN3OS. The zero-order valence-electron chi connectivity index (χ0n) is 14.8. The zero-order chi connectivity index (χ0) is 19.7. The quantitative estimate of drug-likeness (QED) is 0.315. The topological polar surface area (TPSA) is 57.8 Å². The molecule has 0 spiro atoms. The number of benzene rings is 2. The number of fused-ring (bicyclic) bond motifs is 1. The number of hydrogen-bond donors (Lipinski definition) is 2. The largest absolute Gasteiger partial charge is 0.345 e. The minimum Gasteiger partial charge on any atom is -0.345 e. The lowest BCUT2D eigenvalue weighted by atomic mass is 10.0. The number of nitrogens with one attached hydrogen (secondary N) is 2. The Balaban J connectivity index is 1.79. The average molecular weight is 412 g/mol. The highest BCUT2D eigenvalue weighted by molar-refractivity contribution is 7.99. The summed E-state index contributed by atoms with van der Waals surface area (Å²) in [5.41, 5.74) is 3.00. The van der Waals surface area contributed by atoms with Gasteiger partial charge >= 0.3 is 0 Å². The molecule has 2 aromatic heterocycles. The minimum atomic E-state index is -0.571. The van der Waals surface area contributed by atoms with E-state index in [1.54, 1.807) is 42.9 Å². The van der Waals surface area contributed by atoms with Gasteiger partial charge in [-0.05, 0) is 35.9 Å². The van der Waals surface area contributed by atoms with E-state index in [-0.39, 0.29) is 11.3 Å². The lowest BCUT2D eigenvalue weighted by molar-refractivity contribution is 0.103. The van der Waals surface area contributed by atoms with Crippen molar-refractivity contribution in [1.82, 2.24) is 9.97 Å². The highest BCUT2D eigenvalue weighted by Crippen LogP contribution is 2.29. The molecule has 0 atom stereocenters. The maximum Gasteiger partial charge on any atom is 0.198 e. The van der Waals surface area contributed by atoms with Gasteiger partial charge < -0.3 is 9.71 Å². The van der Waals surface area contributed by atoms with E-state index in [0.29, 0.717) is 21.6 Å². The molecule has 0 aliphatic rings. The van der Waals surface area contributed by atoms with Gasteiger partial charge in [0.25, 0.3) is 0 Å². The average Bonchev–Trinajstić information content (AvgIpc) is 3.13. The Morgan fingerprint density at radius 2 is 1.93 bits per heavy atom. The van der Waals surface area contributed by atoms with E-state index in [9.17, 15) is 9.18 Å². The van der Waals surface area contributed by atoms with E-state index in [4.69, 9.17) is 11.6 Å². The van der Waals surface area contributed by atoms with Crippen molar-refractivity contribution in [2.45, 2.75) is 0 Å². The van der Waals surface area contributed by atoms with Crippen molar-refractivity contribution in [2.24, 2.45) is 0 Å². The summed E-state index contributed by atoms with van der Waals surface area (Å²) in [5, 5.41) is 1.28. The Morgan fingerprint density at radius 1 is 1.14 bits per heavy atom. The van der Waals surface area contributed by atoms with Gasteiger partial charge in [-0.25, -0.2) is 9.37 Å². The van der Waals surface area contributed by atoms with E-state index in [1.807, 2.05) is 18.2 Å². The number of carbonyl (C=O) groups is 1. The van der Waals surface area contributed by atoms with E-state index in [1.165, 1.54) is 18.0 Å². The normalized spacial score (nSPS) is 11.0. The van der Waals surface area contributed by atoms with Crippen LogP contribution in [0.15, 0.2) is 60.9 Å². The van der Waals surface area contributed by atoms with Crippen LogP contribution in [0.3, 0.4) is 0 Å². The van der Waals surface area contributed by atoms with Crippen LogP contribution in [0, 0.1) is 5.82 Å². The maximum atomic E-state index is 14.7. The Kier molecular flexibility index (Phi) is 5.07. The molecular weight excluding hydrogens is 397 g/mol. The van der Waals surface area contributed by atoms with Gasteiger partial charge in [-0.1, -0.05) is 41.7 Å². The molecule has 140 valence electrons. The molecule has 0 saturated carbocycles. The third kappa shape index (κ3) is 3.37. The molecule has 28 heavy (non-hydrogen) atoms. The number of ketones is 1. The summed E-state index contributed by atoms with van der Waals surface area (Å²) >= 11 is 7.22. The number of halogens is 2. The molecule has 0 amide bonds. The summed E-state index contributed by atoms with van der Waals surface area (Å²) in [5.74, 6) is -0.971. The third-order valence-electron chi connectivity index (χ3n) is 4.41. The number of H-pyrrole nitrogens is 1. The Hall–Kier alpha value is -2.83. The molecule has 0 bridgehead atoms. The number of carbonyl (C=O) groups excluding carboxylic acids is 1. The van der Waals surface area contributed by atoms with Gasteiger partial charge in [0.05, 0.1) is 11.3 Å². The van der Waals surface area contributed by atoms with Crippen LogP contribution in [0.5, 0.6) is 0 Å². The van der Waals surface area contributed by atoms with Gasteiger partial charge in [0.2, 0.25) is 0 Å². The first-order chi connectivity index (χ1) is 13.6. The lowest BCUT2D eigenvalue weighted by Gasteiger charge is -2.08. The van der Waals surface area contributed by atoms with Crippen LogP contribution >= 0.6 is 23.5 Å². The molecule has 0 saturated heterocycles. The van der Waals surface area contributed by atoms with Crippen LogP contribution < -0.4 is 4.72 Å². The highest BCUT2D eigenvalue weighted by Gasteiger charge is 2.20. The number of hydrogen-bond acceptors (Lipinski definition) is 4. The smallest absolute Gasteiger partial charge is 0.198 e. The van der Waals surface area contributed by atoms with Crippen LogP contribution in [0.2, 0.25) is 5.02 Å². The summed E-state index contributed by atoms with van der Waals surface area (Å²) in [4.78, 5) is 20.4. The summed E-state index contributed by atoms with van der Waals surface area (Å²) in [6, 6.07) is 14.0. The fourth-order valence-corrected chi connectivity index (χ4v) is 3.54. The molecule has 2 aromatic carbocycles. The van der Waals surface area contributed by atoms with Crippen molar-refractivity contribution in [3.8, 4) is 11.1 Å². The zero-order valence-corrected chi connectivity index (χ0v) is 16.4. The van der Waals surface area contributed by atoms with Crippen molar-refractivity contribution in [3.63, 3.8) is 0 Å². The van der Waals surface area contributed by atoms with E-state index in [0.717, 1.165) is 11.1 Å². The molecule has 4 nitrogen and oxygen atoms in total. The molecule has 7 heteroatoms. The molecule has 0 fully saturated rings. The van der Waals surface area contributed by atoms with E-state index in [2.05, 4.69) is 14.7 Å². The van der Waals surface area contributed by atoms with Gasteiger partial charge in [-0.2, -0.15) is 0 Å². The molecule has 0 aliphatic heterocycles. The Morgan fingerprint density at radius 3 is 2.68 bits per heavy atom. The summed E-state index contributed by atoms with van der Waals surface area (Å²) < 4.78 is 17.6. The fourth-order valence-electron chi connectivity index (χ4n) is 3.03. The van der Waals surface area contributed by atoms with Crippen LogP contribution in [0.25, 0.3) is 22.2 Å². The lowest BCUT2D eigenvalue weighted by Crippen LogP contribution is -2.05. The molecule has 2 N–H and O–H groups in total. The first kappa shape index (κ1) is 18.5. The van der Waals surface area contributed by atoms with Crippen LogP contribution in [-0.4, -0.2) is 22.0 Å². The number of aromatic nitrogens is 2. The van der Waals surface area contributed by atoms with Crippen molar-refractivity contribution in [1.29, 1.82) is 0 Å². The second-order valence-corrected chi connectivity index (χ2v) is 7.18. The Bertz CT molecular complexity index is 1170. The van der Waals surface area contributed by atoms with E-state index < -0.39 is 11.6 Å². The maximum absolute atomic E-state index is 14.7. The molecule has 4 aromatic rings. The van der Waals surface area contributed by atoms with Gasteiger partial charge in [-0.3, -0.25) is 4.79 Å². The first-order valence-corrected chi connectivity index (χ1v) is 10.0. The fraction of sp³-hybridized carbons (Fsp3) is 0.0476. The number of nitrogens with zero attached hydrogens (tertiary/aromatic N) is 1. The highest BCUT2D eigenvalue weighted by atomic mass is 35.5. The number of anilines is 1. The van der Waals surface area contributed by atoms with Crippen LogP contribution in [-0.2, 0) is 0 Å². The Labute approximate surface area is 170 Å². The summed E-state index contributed by atoms with van der Waals surface area (Å²) in [7, 11) is 0. The SMILES string of the molecule is CSNc1cccc(C(=O)c2c[nH]c3ncc(-c4ccc(Cl)cc4)cc23)c1F.